The fourth-order valence-electron chi connectivity index (χ4n) is 3.55. The molecule has 2 saturated heterocycles. The Morgan fingerprint density at radius 3 is 2.65 bits per heavy atom. The zero-order chi connectivity index (χ0) is 18.2. The van der Waals surface area contributed by atoms with E-state index in [4.69, 9.17) is 14.5 Å². The van der Waals surface area contributed by atoms with Crippen molar-refractivity contribution >= 4 is 35.9 Å². The van der Waals surface area contributed by atoms with Gasteiger partial charge in [-0.1, -0.05) is 13.8 Å². The summed E-state index contributed by atoms with van der Waals surface area (Å²) >= 11 is 0. The largest absolute Gasteiger partial charge is 0.469 e. The molecule has 0 aliphatic carbocycles. The summed E-state index contributed by atoms with van der Waals surface area (Å²) < 4.78 is 10.3. The lowest BCUT2D eigenvalue weighted by molar-refractivity contribution is -0.145. The van der Waals surface area contributed by atoms with E-state index in [-0.39, 0.29) is 41.8 Å². The monoisotopic (exact) mass is 482 g/mol. The maximum absolute atomic E-state index is 11.9. The SMILES string of the molecule is CCNC(=NCC(C)CN1CCOCC1)N1CC(C)C(C(=O)OC)C1.I. The number of aliphatic imine (C=N–C) groups is 1. The van der Waals surface area contributed by atoms with Crippen LogP contribution in [0.25, 0.3) is 0 Å². The van der Waals surface area contributed by atoms with Crippen molar-refractivity contribution in [2.75, 3.05) is 66.1 Å². The molecule has 2 rings (SSSR count). The molecule has 2 fully saturated rings. The molecule has 0 aromatic carbocycles. The number of likely N-dealkylation sites (tertiary alicyclic amines) is 1. The number of rotatable bonds is 6. The predicted octanol–water partition coefficient (Wildman–Crippen LogP) is 1.28. The van der Waals surface area contributed by atoms with Gasteiger partial charge in [-0.15, -0.1) is 24.0 Å². The third kappa shape index (κ3) is 6.84. The lowest BCUT2D eigenvalue weighted by atomic mass is 9.99. The Hall–Kier alpha value is -0.610. The molecule has 1 N–H and O–H groups in total. The van der Waals surface area contributed by atoms with Gasteiger partial charge in [-0.2, -0.15) is 0 Å². The van der Waals surface area contributed by atoms with Crippen molar-refractivity contribution in [2.24, 2.45) is 22.7 Å². The number of morpholine rings is 1. The van der Waals surface area contributed by atoms with Crippen molar-refractivity contribution in [3.63, 3.8) is 0 Å². The second-order valence-electron chi connectivity index (χ2n) is 7.22. The van der Waals surface area contributed by atoms with Crippen LogP contribution < -0.4 is 5.32 Å². The van der Waals surface area contributed by atoms with Crippen molar-refractivity contribution < 1.29 is 14.3 Å². The van der Waals surface area contributed by atoms with Gasteiger partial charge in [-0.05, 0) is 18.8 Å². The normalized spacial score (nSPS) is 25.5. The van der Waals surface area contributed by atoms with Crippen LogP contribution in [0.4, 0.5) is 0 Å². The topological polar surface area (TPSA) is 66.4 Å². The third-order valence-corrected chi connectivity index (χ3v) is 4.98. The molecule has 0 aromatic rings. The summed E-state index contributed by atoms with van der Waals surface area (Å²) in [6.45, 7) is 14.3. The highest BCUT2D eigenvalue weighted by Gasteiger charge is 2.36. The smallest absolute Gasteiger partial charge is 0.310 e. The summed E-state index contributed by atoms with van der Waals surface area (Å²) in [6, 6.07) is 0. The molecular formula is C18H35IN4O3. The van der Waals surface area contributed by atoms with Gasteiger partial charge in [0.15, 0.2) is 5.96 Å². The first-order valence-corrected chi connectivity index (χ1v) is 9.46. The fraction of sp³-hybridized carbons (Fsp3) is 0.889. The standard InChI is InChI=1S/C18H34N4O3.HI/c1-5-19-18(22-12-15(3)16(13-22)17(23)24-4)20-10-14(2)11-21-6-8-25-9-7-21;/h14-16H,5-13H2,1-4H3,(H,19,20);1H. The Kier molecular flexibility index (Phi) is 10.8. The third-order valence-electron chi connectivity index (χ3n) is 4.98. The average Bonchev–Trinajstić information content (AvgIpc) is 3.00. The molecule has 0 bridgehead atoms. The molecule has 2 aliphatic rings. The quantitative estimate of drug-likeness (QED) is 0.266. The minimum Gasteiger partial charge on any atom is -0.469 e. The zero-order valence-electron chi connectivity index (χ0n) is 16.6. The van der Waals surface area contributed by atoms with Crippen LogP contribution in [0.3, 0.4) is 0 Å². The molecule has 2 aliphatic heterocycles. The Morgan fingerprint density at radius 1 is 1.35 bits per heavy atom. The maximum Gasteiger partial charge on any atom is 0.310 e. The highest BCUT2D eigenvalue weighted by atomic mass is 127. The highest BCUT2D eigenvalue weighted by Crippen LogP contribution is 2.24. The van der Waals surface area contributed by atoms with E-state index in [2.05, 4.69) is 35.9 Å². The number of esters is 1. The van der Waals surface area contributed by atoms with Gasteiger partial charge in [0.2, 0.25) is 0 Å². The molecular weight excluding hydrogens is 447 g/mol. The number of guanidine groups is 1. The van der Waals surface area contributed by atoms with E-state index in [1.54, 1.807) is 0 Å². The van der Waals surface area contributed by atoms with Gasteiger partial charge < -0.3 is 19.7 Å². The molecule has 8 heteroatoms. The lowest BCUT2D eigenvalue weighted by Crippen LogP contribution is -2.42. The van der Waals surface area contributed by atoms with Gasteiger partial charge >= 0.3 is 5.97 Å². The zero-order valence-corrected chi connectivity index (χ0v) is 18.9. The van der Waals surface area contributed by atoms with Crippen LogP contribution in [0.15, 0.2) is 4.99 Å². The number of hydrogen-bond donors (Lipinski definition) is 1. The van der Waals surface area contributed by atoms with E-state index in [0.717, 1.165) is 58.4 Å². The molecule has 0 aromatic heterocycles. The predicted molar refractivity (Wildman–Crippen MR) is 114 cm³/mol. The number of carbonyl (C=O) groups is 1. The number of carbonyl (C=O) groups excluding carboxylic acids is 1. The Balaban J connectivity index is 0.00000338. The van der Waals surface area contributed by atoms with Gasteiger partial charge in [0.25, 0.3) is 0 Å². The number of halogens is 1. The minimum absolute atomic E-state index is 0. The van der Waals surface area contributed by atoms with E-state index in [1.165, 1.54) is 7.11 Å². The van der Waals surface area contributed by atoms with Gasteiger partial charge in [0, 0.05) is 45.8 Å². The number of ether oxygens (including phenoxy) is 2. The molecule has 0 saturated carbocycles. The van der Waals surface area contributed by atoms with Crippen molar-refractivity contribution in [2.45, 2.75) is 20.8 Å². The van der Waals surface area contributed by atoms with Crippen LogP contribution >= 0.6 is 24.0 Å². The molecule has 152 valence electrons. The maximum atomic E-state index is 11.9. The molecule has 26 heavy (non-hydrogen) atoms. The van der Waals surface area contributed by atoms with E-state index >= 15 is 0 Å². The lowest BCUT2D eigenvalue weighted by Gasteiger charge is -2.29. The van der Waals surface area contributed by atoms with Crippen molar-refractivity contribution in [3.8, 4) is 0 Å². The van der Waals surface area contributed by atoms with Crippen LogP contribution in [0.1, 0.15) is 20.8 Å². The molecule has 3 atom stereocenters. The van der Waals surface area contributed by atoms with E-state index in [9.17, 15) is 4.79 Å². The van der Waals surface area contributed by atoms with Crippen LogP contribution in [0, 0.1) is 17.8 Å². The van der Waals surface area contributed by atoms with Crippen LogP contribution in [-0.4, -0.2) is 87.9 Å². The van der Waals surface area contributed by atoms with E-state index < -0.39 is 0 Å². The van der Waals surface area contributed by atoms with Gasteiger partial charge in [-0.3, -0.25) is 14.7 Å². The fourth-order valence-corrected chi connectivity index (χ4v) is 3.55. The van der Waals surface area contributed by atoms with E-state index in [0.29, 0.717) is 12.5 Å². The summed E-state index contributed by atoms with van der Waals surface area (Å²) in [7, 11) is 1.46. The average molecular weight is 482 g/mol. The molecule has 0 spiro atoms. The number of methoxy groups -OCH3 is 1. The summed E-state index contributed by atoms with van der Waals surface area (Å²) in [5, 5.41) is 3.37. The summed E-state index contributed by atoms with van der Waals surface area (Å²) in [5.41, 5.74) is 0. The molecule has 3 unspecified atom stereocenters. The first-order chi connectivity index (χ1) is 12.0. The molecule has 2 heterocycles. The Bertz CT molecular complexity index is 458. The van der Waals surface area contributed by atoms with Gasteiger partial charge in [0.1, 0.15) is 0 Å². The van der Waals surface area contributed by atoms with Crippen molar-refractivity contribution in [1.29, 1.82) is 0 Å². The molecule has 0 radical (unpaired) electrons. The van der Waals surface area contributed by atoms with Crippen LogP contribution in [-0.2, 0) is 14.3 Å². The second-order valence-corrected chi connectivity index (χ2v) is 7.22. The van der Waals surface area contributed by atoms with Crippen molar-refractivity contribution in [3.05, 3.63) is 0 Å². The first kappa shape index (κ1) is 23.4. The van der Waals surface area contributed by atoms with Crippen molar-refractivity contribution in [1.82, 2.24) is 15.1 Å². The number of nitrogens with zero attached hydrogens (tertiary/aromatic N) is 3. The summed E-state index contributed by atoms with van der Waals surface area (Å²) in [4.78, 5) is 21.4. The second kappa shape index (κ2) is 12.0. The first-order valence-electron chi connectivity index (χ1n) is 9.46. The van der Waals surface area contributed by atoms with Gasteiger partial charge in [0.05, 0.1) is 26.2 Å². The van der Waals surface area contributed by atoms with Gasteiger partial charge in [-0.25, -0.2) is 0 Å². The van der Waals surface area contributed by atoms with Crippen LogP contribution in [0.5, 0.6) is 0 Å². The highest BCUT2D eigenvalue weighted by molar-refractivity contribution is 14.0. The summed E-state index contributed by atoms with van der Waals surface area (Å²) in [5.74, 6) is 1.49. The molecule has 0 amide bonds. The molecule has 7 nitrogen and oxygen atoms in total. The number of nitrogens with one attached hydrogen (secondary N) is 1. The Morgan fingerprint density at radius 2 is 2.04 bits per heavy atom. The Labute approximate surface area is 174 Å². The minimum atomic E-state index is -0.119. The van der Waals surface area contributed by atoms with E-state index in [1.807, 2.05) is 0 Å². The summed E-state index contributed by atoms with van der Waals surface area (Å²) in [6.07, 6.45) is 0. The number of hydrogen-bond acceptors (Lipinski definition) is 5. The van der Waals surface area contributed by atoms with Crippen LogP contribution in [0.2, 0.25) is 0 Å².